The number of likely N-dealkylation sites (tertiary alicyclic amines) is 1. The van der Waals surface area contributed by atoms with Crippen molar-refractivity contribution >= 4 is 5.91 Å². The van der Waals surface area contributed by atoms with Gasteiger partial charge in [0.05, 0.1) is 0 Å². The lowest BCUT2D eigenvalue weighted by molar-refractivity contribution is -0.149. The van der Waals surface area contributed by atoms with Crippen molar-refractivity contribution in [2.45, 2.75) is 25.7 Å². The Morgan fingerprint density at radius 1 is 1.60 bits per heavy atom. The molecule has 15 heavy (non-hydrogen) atoms. The van der Waals surface area contributed by atoms with Gasteiger partial charge >= 0.3 is 0 Å². The van der Waals surface area contributed by atoms with E-state index in [4.69, 9.17) is 4.52 Å². The summed E-state index contributed by atoms with van der Waals surface area (Å²) in [7, 11) is 0. The van der Waals surface area contributed by atoms with Crippen molar-refractivity contribution in [2.24, 2.45) is 5.41 Å². The molecule has 0 aromatic carbocycles. The smallest absolute Gasteiger partial charge is 0.243 e. The van der Waals surface area contributed by atoms with E-state index in [1.165, 1.54) is 0 Å². The minimum atomic E-state index is 0.176. The third kappa shape index (κ3) is 1.26. The van der Waals surface area contributed by atoms with Crippen molar-refractivity contribution in [2.75, 3.05) is 13.1 Å². The number of amides is 1. The van der Waals surface area contributed by atoms with Crippen LogP contribution in [-0.4, -0.2) is 34.0 Å². The van der Waals surface area contributed by atoms with E-state index in [1.807, 2.05) is 4.90 Å². The van der Waals surface area contributed by atoms with Gasteiger partial charge in [0.2, 0.25) is 18.1 Å². The topological polar surface area (TPSA) is 59.2 Å². The molecule has 1 amide bonds. The van der Waals surface area contributed by atoms with E-state index in [1.54, 1.807) is 6.92 Å². The van der Waals surface area contributed by atoms with Gasteiger partial charge in [0.15, 0.2) is 0 Å². The molecule has 0 atom stereocenters. The molecule has 2 fully saturated rings. The largest absolute Gasteiger partial charge is 0.342 e. The number of carbonyl (C=O) groups is 1. The molecule has 5 heteroatoms. The molecule has 1 saturated heterocycles. The van der Waals surface area contributed by atoms with Gasteiger partial charge < -0.3 is 9.42 Å². The van der Waals surface area contributed by atoms with Crippen LogP contribution in [0.3, 0.4) is 0 Å². The highest BCUT2D eigenvalue weighted by Gasteiger charge is 2.54. The Morgan fingerprint density at radius 2 is 2.33 bits per heavy atom. The highest BCUT2D eigenvalue weighted by atomic mass is 16.5. The van der Waals surface area contributed by atoms with Gasteiger partial charge in [-0.2, -0.15) is 4.98 Å². The fourth-order valence-electron chi connectivity index (χ4n) is 2.73. The molecular weight excluding hydrogens is 194 g/mol. The SMILES string of the molecule is CC(=O)N1CC2(CC(c3n[c]no3)C2)C1. The maximum absolute atomic E-state index is 11.0. The van der Waals surface area contributed by atoms with Crippen LogP contribution in [0.1, 0.15) is 31.6 Å². The predicted molar refractivity (Wildman–Crippen MR) is 49.8 cm³/mol. The molecule has 2 heterocycles. The van der Waals surface area contributed by atoms with Crippen LogP contribution in [-0.2, 0) is 4.79 Å². The highest BCUT2D eigenvalue weighted by molar-refractivity contribution is 5.74. The van der Waals surface area contributed by atoms with Crippen LogP contribution in [0, 0.1) is 11.7 Å². The number of rotatable bonds is 1. The first-order chi connectivity index (χ1) is 7.19. The van der Waals surface area contributed by atoms with Crippen LogP contribution in [0.4, 0.5) is 0 Å². The summed E-state index contributed by atoms with van der Waals surface area (Å²) in [5.74, 6) is 1.26. The van der Waals surface area contributed by atoms with Crippen LogP contribution < -0.4 is 0 Å². The van der Waals surface area contributed by atoms with Crippen LogP contribution in [0.5, 0.6) is 0 Å². The van der Waals surface area contributed by atoms with E-state index in [0.29, 0.717) is 17.2 Å². The summed E-state index contributed by atoms with van der Waals surface area (Å²) in [6.07, 6.45) is 4.56. The normalized spacial score (nSPS) is 23.7. The molecule has 5 nitrogen and oxygen atoms in total. The second kappa shape index (κ2) is 2.81. The molecule has 0 bridgehead atoms. The van der Waals surface area contributed by atoms with Crippen LogP contribution >= 0.6 is 0 Å². The lowest BCUT2D eigenvalue weighted by Crippen LogP contribution is -2.62. The number of hydrogen-bond donors (Lipinski definition) is 0. The van der Waals surface area contributed by atoms with Gasteiger partial charge in [0.25, 0.3) is 0 Å². The molecule has 1 radical (unpaired) electrons. The Morgan fingerprint density at radius 3 is 2.87 bits per heavy atom. The molecule has 0 unspecified atom stereocenters. The first-order valence-electron chi connectivity index (χ1n) is 5.14. The summed E-state index contributed by atoms with van der Waals surface area (Å²) in [5, 5.41) is 3.48. The summed E-state index contributed by atoms with van der Waals surface area (Å²) in [4.78, 5) is 16.9. The first kappa shape index (κ1) is 8.88. The minimum Gasteiger partial charge on any atom is -0.342 e. The first-order valence-corrected chi connectivity index (χ1v) is 5.14. The fourth-order valence-corrected chi connectivity index (χ4v) is 2.73. The summed E-state index contributed by atoms with van der Waals surface area (Å²) >= 11 is 0. The molecule has 1 aliphatic carbocycles. The summed E-state index contributed by atoms with van der Waals surface area (Å²) in [5.41, 5.74) is 0.352. The molecule has 0 N–H and O–H groups in total. The summed E-state index contributed by atoms with van der Waals surface area (Å²) in [6.45, 7) is 3.42. The van der Waals surface area contributed by atoms with E-state index >= 15 is 0 Å². The molecule has 1 spiro atoms. The maximum atomic E-state index is 11.0. The molecule has 3 rings (SSSR count). The number of aromatic nitrogens is 2. The van der Waals surface area contributed by atoms with Crippen molar-refractivity contribution in [3.63, 3.8) is 0 Å². The standard InChI is InChI=1S/C10H12N3O2/c1-7(14)13-4-10(5-13)2-8(3-10)9-11-6-12-15-9/h8H,2-5H2,1H3. The zero-order valence-corrected chi connectivity index (χ0v) is 8.56. The van der Waals surface area contributed by atoms with Crippen LogP contribution in [0.15, 0.2) is 4.52 Å². The number of carbonyl (C=O) groups excluding carboxylic acids is 1. The Labute approximate surface area is 87.4 Å². The van der Waals surface area contributed by atoms with E-state index in [2.05, 4.69) is 16.5 Å². The Hall–Kier alpha value is -1.39. The molecule has 1 aromatic rings. The van der Waals surface area contributed by atoms with Crippen molar-refractivity contribution in [3.05, 3.63) is 12.2 Å². The second-order valence-corrected chi connectivity index (χ2v) is 4.71. The van der Waals surface area contributed by atoms with E-state index < -0.39 is 0 Å². The van der Waals surface area contributed by atoms with Crippen molar-refractivity contribution in [1.29, 1.82) is 0 Å². The van der Waals surface area contributed by atoms with E-state index in [9.17, 15) is 4.79 Å². The van der Waals surface area contributed by atoms with E-state index in [-0.39, 0.29) is 5.91 Å². The lowest BCUT2D eigenvalue weighted by atomic mass is 9.57. The molecule has 1 aliphatic heterocycles. The van der Waals surface area contributed by atoms with Gasteiger partial charge in [-0.15, -0.1) is 0 Å². The van der Waals surface area contributed by atoms with Crippen molar-refractivity contribution in [1.82, 2.24) is 15.0 Å². The van der Waals surface area contributed by atoms with Gasteiger partial charge in [-0.25, -0.2) is 0 Å². The maximum Gasteiger partial charge on any atom is 0.243 e. The zero-order chi connectivity index (χ0) is 10.5. The summed E-state index contributed by atoms with van der Waals surface area (Å²) < 4.78 is 4.98. The number of hydrogen-bond acceptors (Lipinski definition) is 4. The summed E-state index contributed by atoms with van der Waals surface area (Å²) in [6, 6.07) is 0. The van der Waals surface area contributed by atoms with Crippen LogP contribution in [0.2, 0.25) is 0 Å². The molecule has 1 saturated carbocycles. The van der Waals surface area contributed by atoms with Gasteiger partial charge in [-0.1, -0.05) is 5.16 Å². The highest BCUT2D eigenvalue weighted by Crippen LogP contribution is 2.55. The average molecular weight is 206 g/mol. The van der Waals surface area contributed by atoms with Crippen molar-refractivity contribution in [3.8, 4) is 0 Å². The predicted octanol–water partition coefficient (Wildman–Crippen LogP) is 0.596. The second-order valence-electron chi connectivity index (χ2n) is 4.71. The monoisotopic (exact) mass is 206 g/mol. The quantitative estimate of drug-likeness (QED) is 0.675. The third-order valence-electron chi connectivity index (χ3n) is 3.55. The van der Waals surface area contributed by atoms with Gasteiger partial charge in [0.1, 0.15) is 0 Å². The van der Waals surface area contributed by atoms with Crippen molar-refractivity contribution < 1.29 is 9.32 Å². The zero-order valence-electron chi connectivity index (χ0n) is 8.56. The average Bonchev–Trinajstić information content (AvgIpc) is 2.50. The molecule has 79 valence electrons. The Balaban J connectivity index is 1.57. The third-order valence-corrected chi connectivity index (χ3v) is 3.55. The number of nitrogens with zero attached hydrogens (tertiary/aromatic N) is 3. The lowest BCUT2D eigenvalue weighted by Gasteiger charge is -2.58. The molecular formula is C10H12N3O2. The van der Waals surface area contributed by atoms with Crippen LogP contribution in [0.25, 0.3) is 0 Å². The Kier molecular flexibility index (Phi) is 1.66. The van der Waals surface area contributed by atoms with Gasteiger partial charge in [-0.3, -0.25) is 4.79 Å². The minimum absolute atomic E-state index is 0.176. The Bertz CT molecular complexity index is 373. The molecule has 1 aromatic heterocycles. The van der Waals surface area contributed by atoms with Gasteiger partial charge in [0, 0.05) is 31.3 Å². The molecule has 2 aliphatic rings. The van der Waals surface area contributed by atoms with Gasteiger partial charge in [-0.05, 0) is 12.8 Å². The fraction of sp³-hybridized carbons (Fsp3) is 0.700. The van der Waals surface area contributed by atoms with E-state index in [0.717, 1.165) is 25.9 Å².